The smallest absolute Gasteiger partial charge is 0.0569 e. The number of nitrogens with one attached hydrogen (secondary N) is 1. The lowest BCUT2D eigenvalue weighted by atomic mass is 10.1. The van der Waals surface area contributed by atoms with Crippen LogP contribution in [0.15, 0.2) is 17.5 Å². The quantitative estimate of drug-likeness (QED) is 0.788. The summed E-state index contributed by atoms with van der Waals surface area (Å²) in [5, 5.41) is 14.7. The molecule has 0 radical (unpaired) electrons. The van der Waals surface area contributed by atoms with Gasteiger partial charge in [0.05, 0.1) is 12.6 Å². The Morgan fingerprint density at radius 1 is 1.09 bits per heavy atom. The van der Waals surface area contributed by atoms with E-state index in [1.54, 1.807) is 0 Å². The molecule has 1 aromatic rings. The predicted octanol–water partition coefficient (Wildman–Crippen LogP) is 0.304. The Bertz CT molecular complexity index is 414. The largest absolute Gasteiger partial charge is 0.395 e. The summed E-state index contributed by atoms with van der Waals surface area (Å²) in [7, 11) is 0. The number of hydrogen-bond donors (Lipinski definition) is 2. The summed E-state index contributed by atoms with van der Waals surface area (Å²) in [4.78, 5) is 9.10. The first-order chi connectivity index (χ1) is 10.9. The minimum atomic E-state index is 0.273. The maximum atomic E-state index is 9.09. The highest BCUT2D eigenvalue weighted by atomic mass is 32.1. The van der Waals surface area contributed by atoms with Crippen molar-refractivity contribution < 1.29 is 5.11 Å². The van der Waals surface area contributed by atoms with Crippen molar-refractivity contribution in [1.82, 2.24) is 20.0 Å². The van der Waals surface area contributed by atoms with Gasteiger partial charge in [-0.25, -0.2) is 0 Å². The maximum absolute atomic E-state index is 9.09. The van der Waals surface area contributed by atoms with E-state index in [9.17, 15) is 0 Å². The Hall–Kier alpha value is -0.500. The molecule has 2 fully saturated rings. The molecule has 22 heavy (non-hydrogen) atoms. The highest BCUT2D eigenvalue weighted by Gasteiger charge is 2.27. The zero-order chi connectivity index (χ0) is 15.2. The molecule has 3 rings (SSSR count). The summed E-state index contributed by atoms with van der Waals surface area (Å²) >= 11 is 1.89. The van der Waals surface area contributed by atoms with Crippen LogP contribution in [0.3, 0.4) is 0 Å². The number of aliphatic hydroxyl groups excluding tert-OH is 1. The van der Waals surface area contributed by atoms with Crippen LogP contribution in [0, 0.1) is 0 Å². The molecule has 2 aliphatic rings. The summed E-state index contributed by atoms with van der Waals surface area (Å²) in [6, 6.07) is 4.99. The number of hydrogen-bond acceptors (Lipinski definition) is 6. The number of β-amino-alcohol motifs (C(OH)–C–C–N with tert-alkyl or cyclic N) is 1. The zero-order valence-corrected chi connectivity index (χ0v) is 14.1. The van der Waals surface area contributed by atoms with E-state index in [1.807, 2.05) is 11.3 Å². The van der Waals surface area contributed by atoms with Crippen LogP contribution in [0.2, 0.25) is 0 Å². The lowest BCUT2D eigenvalue weighted by Crippen LogP contribution is -2.52. The number of aliphatic hydroxyl groups is 1. The fourth-order valence-electron chi connectivity index (χ4n) is 3.44. The summed E-state index contributed by atoms with van der Waals surface area (Å²) in [6.07, 6.45) is 0. The Morgan fingerprint density at radius 3 is 2.50 bits per heavy atom. The van der Waals surface area contributed by atoms with Crippen LogP contribution in [0.1, 0.15) is 10.9 Å². The van der Waals surface area contributed by atoms with Crippen molar-refractivity contribution >= 4 is 11.3 Å². The van der Waals surface area contributed by atoms with Gasteiger partial charge in [-0.15, -0.1) is 11.3 Å². The minimum Gasteiger partial charge on any atom is -0.395 e. The van der Waals surface area contributed by atoms with E-state index >= 15 is 0 Å². The molecule has 2 N–H and O–H groups in total. The molecule has 1 atom stereocenters. The Balaban J connectivity index is 1.61. The lowest BCUT2D eigenvalue weighted by molar-refractivity contribution is 0.0651. The van der Waals surface area contributed by atoms with Gasteiger partial charge in [0, 0.05) is 70.3 Å². The average Bonchev–Trinajstić information content (AvgIpc) is 3.09. The molecule has 2 aliphatic heterocycles. The fraction of sp³-hybridized carbons (Fsp3) is 0.750. The van der Waals surface area contributed by atoms with Crippen LogP contribution in [0.25, 0.3) is 0 Å². The van der Waals surface area contributed by atoms with Crippen molar-refractivity contribution in [3.8, 4) is 0 Å². The van der Waals surface area contributed by atoms with Crippen LogP contribution in [-0.4, -0.2) is 91.9 Å². The molecule has 0 amide bonds. The van der Waals surface area contributed by atoms with Gasteiger partial charge in [0.1, 0.15) is 0 Å². The average molecular weight is 324 g/mol. The Morgan fingerprint density at radius 2 is 1.86 bits per heavy atom. The molecule has 0 aromatic carbocycles. The zero-order valence-electron chi connectivity index (χ0n) is 13.3. The molecule has 1 unspecified atom stereocenters. The first kappa shape index (κ1) is 16.4. The van der Waals surface area contributed by atoms with E-state index in [1.165, 1.54) is 4.88 Å². The van der Waals surface area contributed by atoms with Gasteiger partial charge in [0.25, 0.3) is 0 Å². The van der Waals surface area contributed by atoms with Crippen LogP contribution in [0.4, 0.5) is 0 Å². The van der Waals surface area contributed by atoms with E-state index < -0.39 is 0 Å². The van der Waals surface area contributed by atoms with Crippen LogP contribution >= 0.6 is 11.3 Å². The standard InChI is InChI=1S/C16H28N4OS/c21-12-11-18-7-9-20(10-8-18)15(16-2-1-13-22-16)14-19-5-3-17-4-6-19/h1-2,13,15,17,21H,3-12,14H2. The third-order valence-corrected chi connectivity index (χ3v) is 5.75. The van der Waals surface area contributed by atoms with Gasteiger partial charge in [0.2, 0.25) is 0 Å². The molecule has 0 aliphatic carbocycles. The molecule has 0 saturated carbocycles. The van der Waals surface area contributed by atoms with Crippen molar-refractivity contribution in [2.24, 2.45) is 0 Å². The monoisotopic (exact) mass is 324 g/mol. The van der Waals surface area contributed by atoms with Gasteiger partial charge in [-0.2, -0.15) is 0 Å². The fourth-order valence-corrected chi connectivity index (χ4v) is 4.30. The molecule has 1 aromatic heterocycles. The predicted molar refractivity (Wildman–Crippen MR) is 91.5 cm³/mol. The van der Waals surface area contributed by atoms with Gasteiger partial charge >= 0.3 is 0 Å². The number of thiophene rings is 1. The molecule has 2 saturated heterocycles. The van der Waals surface area contributed by atoms with Gasteiger partial charge < -0.3 is 10.4 Å². The lowest BCUT2D eigenvalue weighted by Gasteiger charge is -2.41. The topological polar surface area (TPSA) is 42.0 Å². The van der Waals surface area contributed by atoms with Crippen molar-refractivity contribution in [1.29, 1.82) is 0 Å². The number of nitrogens with zero attached hydrogens (tertiary/aromatic N) is 3. The van der Waals surface area contributed by atoms with Gasteiger partial charge in [0.15, 0.2) is 0 Å². The molecule has 5 nitrogen and oxygen atoms in total. The molecular formula is C16H28N4OS. The van der Waals surface area contributed by atoms with Crippen LogP contribution < -0.4 is 5.32 Å². The van der Waals surface area contributed by atoms with Crippen LogP contribution in [0.5, 0.6) is 0 Å². The molecular weight excluding hydrogens is 296 g/mol. The minimum absolute atomic E-state index is 0.273. The van der Waals surface area contributed by atoms with E-state index in [-0.39, 0.29) is 6.61 Å². The van der Waals surface area contributed by atoms with Gasteiger partial charge in [-0.05, 0) is 11.4 Å². The Kier molecular flexibility index (Phi) is 6.23. The molecule has 0 spiro atoms. The SMILES string of the molecule is OCCN1CCN(C(CN2CCNCC2)c2cccs2)CC1. The summed E-state index contributed by atoms with van der Waals surface area (Å²) < 4.78 is 0. The van der Waals surface area contributed by atoms with Crippen molar-refractivity contribution in [2.75, 3.05) is 72.1 Å². The third kappa shape index (κ3) is 4.28. The van der Waals surface area contributed by atoms with Gasteiger partial charge in [-0.3, -0.25) is 14.7 Å². The summed E-state index contributed by atoms with van der Waals surface area (Å²) in [6.45, 7) is 11.1. The second-order valence-corrected chi connectivity index (χ2v) is 7.16. The molecule has 6 heteroatoms. The first-order valence-corrected chi connectivity index (χ1v) is 9.28. The van der Waals surface area contributed by atoms with Crippen molar-refractivity contribution in [2.45, 2.75) is 6.04 Å². The summed E-state index contributed by atoms with van der Waals surface area (Å²) in [5.74, 6) is 0. The number of rotatable bonds is 6. The highest BCUT2D eigenvalue weighted by molar-refractivity contribution is 7.10. The second kappa shape index (κ2) is 8.38. The molecule has 124 valence electrons. The van der Waals surface area contributed by atoms with Crippen molar-refractivity contribution in [3.05, 3.63) is 22.4 Å². The second-order valence-electron chi connectivity index (χ2n) is 6.18. The molecule has 0 bridgehead atoms. The van der Waals surface area contributed by atoms with E-state index in [0.29, 0.717) is 6.04 Å². The summed E-state index contributed by atoms with van der Waals surface area (Å²) in [5.41, 5.74) is 0. The highest BCUT2D eigenvalue weighted by Crippen LogP contribution is 2.27. The maximum Gasteiger partial charge on any atom is 0.0569 e. The van der Waals surface area contributed by atoms with E-state index in [4.69, 9.17) is 5.11 Å². The number of piperazine rings is 2. The van der Waals surface area contributed by atoms with Gasteiger partial charge in [-0.1, -0.05) is 6.07 Å². The third-order valence-electron chi connectivity index (χ3n) is 4.78. The Labute approximate surface area is 137 Å². The van der Waals surface area contributed by atoms with E-state index in [0.717, 1.165) is 65.4 Å². The van der Waals surface area contributed by atoms with Crippen LogP contribution in [-0.2, 0) is 0 Å². The van der Waals surface area contributed by atoms with E-state index in [2.05, 4.69) is 37.5 Å². The molecule has 3 heterocycles. The normalized spacial score (nSPS) is 23.7. The first-order valence-electron chi connectivity index (χ1n) is 8.40. The van der Waals surface area contributed by atoms with Crippen molar-refractivity contribution in [3.63, 3.8) is 0 Å².